The van der Waals surface area contributed by atoms with E-state index in [0.717, 1.165) is 12.1 Å². The van der Waals surface area contributed by atoms with Gasteiger partial charge in [0.25, 0.3) is 0 Å². The van der Waals surface area contributed by atoms with Crippen LogP contribution in [0.3, 0.4) is 0 Å². The van der Waals surface area contributed by atoms with Crippen LogP contribution in [-0.2, 0) is 4.79 Å². The topological polar surface area (TPSA) is 35.6 Å². The van der Waals surface area contributed by atoms with Gasteiger partial charge in [0.1, 0.15) is 12.0 Å². The van der Waals surface area contributed by atoms with Crippen LogP contribution in [0.5, 0.6) is 0 Å². The van der Waals surface area contributed by atoms with E-state index in [1.54, 1.807) is 12.1 Å². The number of hydrogen-bond donors (Lipinski definition) is 1. The van der Waals surface area contributed by atoms with Gasteiger partial charge >= 0.3 is 0 Å². The highest BCUT2D eigenvalue weighted by Crippen LogP contribution is 2.27. The molecule has 1 amide bonds. The molecule has 1 aliphatic heterocycles. The van der Waals surface area contributed by atoms with Crippen molar-refractivity contribution >= 4 is 5.91 Å². The van der Waals surface area contributed by atoms with Crippen LogP contribution >= 0.6 is 0 Å². The number of carbonyl (C=O) groups excluding carboxylic acids is 1. The lowest BCUT2D eigenvalue weighted by molar-refractivity contribution is -0.130. The maximum atomic E-state index is 13.1. The average molecular weight is 293 g/mol. The summed E-state index contributed by atoms with van der Waals surface area (Å²) in [5.41, 5.74) is 0.923. The minimum Gasteiger partial charge on any atom is -0.320 e. The van der Waals surface area contributed by atoms with Crippen molar-refractivity contribution in [2.45, 2.75) is 26.1 Å². The number of hydrogen-bond acceptors (Lipinski definition) is 3. The van der Waals surface area contributed by atoms with E-state index in [4.69, 9.17) is 0 Å². The normalized spacial score (nSPS) is 22.6. The lowest BCUT2D eigenvalue weighted by Gasteiger charge is -2.26. The molecule has 0 spiro atoms. The molecule has 4 nitrogen and oxygen atoms in total. The predicted molar refractivity (Wildman–Crippen MR) is 81.2 cm³/mol. The molecule has 1 fully saturated rings. The van der Waals surface area contributed by atoms with Crippen molar-refractivity contribution in [3.8, 4) is 0 Å². The van der Waals surface area contributed by atoms with Crippen molar-refractivity contribution < 1.29 is 9.18 Å². The largest absolute Gasteiger partial charge is 0.320 e. The first-order valence-corrected chi connectivity index (χ1v) is 7.37. The van der Waals surface area contributed by atoms with Crippen LogP contribution in [0, 0.1) is 11.7 Å². The second kappa shape index (κ2) is 6.54. The molecule has 1 heterocycles. The first-order valence-electron chi connectivity index (χ1n) is 7.37. The summed E-state index contributed by atoms with van der Waals surface area (Å²) in [5.74, 6) is 0.0919. The first kappa shape index (κ1) is 15.9. The lowest BCUT2D eigenvalue weighted by atomic mass is 10.1. The third kappa shape index (κ3) is 3.60. The molecule has 2 unspecified atom stereocenters. The monoisotopic (exact) mass is 293 g/mol. The number of likely N-dealkylation sites (N-methyl/N-ethyl adjacent to an activating group) is 1. The van der Waals surface area contributed by atoms with E-state index < -0.39 is 0 Å². The molecular weight excluding hydrogens is 269 g/mol. The summed E-state index contributed by atoms with van der Waals surface area (Å²) >= 11 is 0. The molecule has 0 radical (unpaired) electrons. The van der Waals surface area contributed by atoms with Crippen LogP contribution in [0.2, 0.25) is 0 Å². The van der Waals surface area contributed by atoms with Gasteiger partial charge < -0.3 is 9.80 Å². The van der Waals surface area contributed by atoms with E-state index in [1.165, 1.54) is 12.1 Å². The Morgan fingerprint density at radius 2 is 1.90 bits per heavy atom. The molecule has 1 saturated heterocycles. The minimum absolute atomic E-state index is 0.126. The highest BCUT2D eigenvalue weighted by Gasteiger charge is 2.40. The van der Waals surface area contributed by atoms with Crippen LogP contribution in [0.1, 0.15) is 25.6 Å². The Bertz CT molecular complexity index is 487. The standard InChI is InChI=1S/C16H24FN3O/c1-11(2)14-16(21)20(10-9-19(3)4)15(18-14)12-5-7-13(17)8-6-12/h5-8,11,14-15,18H,9-10H2,1-4H3. The molecule has 21 heavy (non-hydrogen) atoms. The highest BCUT2D eigenvalue weighted by molar-refractivity contribution is 5.84. The molecule has 0 bridgehead atoms. The van der Waals surface area contributed by atoms with Crippen molar-refractivity contribution in [3.05, 3.63) is 35.6 Å². The van der Waals surface area contributed by atoms with Crippen LogP contribution < -0.4 is 5.32 Å². The molecule has 1 aromatic carbocycles. The lowest BCUT2D eigenvalue weighted by Crippen LogP contribution is -2.37. The third-order valence-electron chi connectivity index (χ3n) is 3.84. The second-order valence-corrected chi connectivity index (χ2v) is 6.18. The number of carbonyl (C=O) groups is 1. The third-order valence-corrected chi connectivity index (χ3v) is 3.84. The average Bonchev–Trinajstić information content (AvgIpc) is 2.74. The maximum absolute atomic E-state index is 13.1. The second-order valence-electron chi connectivity index (χ2n) is 6.18. The molecular formula is C16H24FN3O. The zero-order chi connectivity index (χ0) is 15.6. The van der Waals surface area contributed by atoms with Gasteiger partial charge in [-0.1, -0.05) is 26.0 Å². The van der Waals surface area contributed by atoms with Crippen LogP contribution in [0.4, 0.5) is 4.39 Å². The number of amides is 1. The van der Waals surface area contributed by atoms with Gasteiger partial charge in [0.05, 0.1) is 6.04 Å². The van der Waals surface area contributed by atoms with Gasteiger partial charge in [-0.25, -0.2) is 4.39 Å². The van der Waals surface area contributed by atoms with Gasteiger partial charge in [-0.15, -0.1) is 0 Å². The van der Waals surface area contributed by atoms with E-state index in [9.17, 15) is 9.18 Å². The Morgan fingerprint density at radius 1 is 1.29 bits per heavy atom. The molecule has 1 aliphatic rings. The van der Waals surface area contributed by atoms with Crippen molar-refractivity contribution in [2.75, 3.05) is 27.2 Å². The molecule has 1 aromatic rings. The predicted octanol–water partition coefficient (Wildman–Crippen LogP) is 1.84. The van der Waals surface area contributed by atoms with E-state index in [0.29, 0.717) is 6.54 Å². The van der Waals surface area contributed by atoms with Gasteiger partial charge in [-0.05, 0) is 37.7 Å². The van der Waals surface area contributed by atoms with Crippen molar-refractivity contribution in [2.24, 2.45) is 5.92 Å². The van der Waals surface area contributed by atoms with Gasteiger partial charge in [0.2, 0.25) is 5.91 Å². The molecule has 2 rings (SSSR count). The number of nitrogens with one attached hydrogen (secondary N) is 1. The van der Waals surface area contributed by atoms with E-state index >= 15 is 0 Å². The summed E-state index contributed by atoms with van der Waals surface area (Å²) in [7, 11) is 3.97. The number of nitrogens with zero attached hydrogens (tertiary/aromatic N) is 2. The summed E-state index contributed by atoms with van der Waals surface area (Å²) in [5, 5.41) is 3.39. The fourth-order valence-electron chi connectivity index (χ4n) is 2.58. The fourth-order valence-corrected chi connectivity index (χ4v) is 2.58. The van der Waals surface area contributed by atoms with Crippen molar-refractivity contribution in [1.82, 2.24) is 15.1 Å². The van der Waals surface area contributed by atoms with Crippen LogP contribution in [0.15, 0.2) is 24.3 Å². The number of halogens is 1. The summed E-state index contributed by atoms with van der Waals surface area (Å²) < 4.78 is 13.1. The Balaban J connectivity index is 2.22. The highest BCUT2D eigenvalue weighted by atomic mass is 19.1. The Hall–Kier alpha value is -1.46. The minimum atomic E-state index is -0.261. The summed E-state index contributed by atoms with van der Waals surface area (Å²) in [6.07, 6.45) is -0.176. The summed E-state index contributed by atoms with van der Waals surface area (Å²) in [6.45, 7) is 5.53. The zero-order valence-corrected chi connectivity index (χ0v) is 13.1. The Morgan fingerprint density at radius 3 is 2.43 bits per heavy atom. The van der Waals surface area contributed by atoms with Crippen LogP contribution in [0.25, 0.3) is 0 Å². The van der Waals surface area contributed by atoms with E-state index in [-0.39, 0.29) is 29.8 Å². The Kier molecular flexibility index (Phi) is 4.96. The first-order chi connectivity index (χ1) is 9.90. The van der Waals surface area contributed by atoms with Crippen molar-refractivity contribution in [1.29, 1.82) is 0 Å². The van der Waals surface area contributed by atoms with Crippen LogP contribution in [-0.4, -0.2) is 48.9 Å². The molecule has 0 aliphatic carbocycles. The van der Waals surface area contributed by atoms with Gasteiger partial charge in [-0.3, -0.25) is 10.1 Å². The maximum Gasteiger partial charge on any atom is 0.241 e. The molecule has 5 heteroatoms. The SMILES string of the molecule is CC(C)C1NC(c2ccc(F)cc2)N(CCN(C)C)C1=O. The molecule has 0 saturated carbocycles. The van der Waals surface area contributed by atoms with E-state index in [2.05, 4.69) is 10.2 Å². The summed E-state index contributed by atoms with van der Waals surface area (Å²) in [4.78, 5) is 16.5. The Labute approximate surface area is 125 Å². The smallest absolute Gasteiger partial charge is 0.241 e. The molecule has 0 aromatic heterocycles. The molecule has 116 valence electrons. The fraction of sp³-hybridized carbons (Fsp3) is 0.562. The van der Waals surface area contributed by atoms with Crippen molar-refractivity contribution in [3.63, 3.8) is 0 Å². The quantitative estimate of drug-likeness (QED) is 0.900. The van der Waals surface area contributed by atoms with E-state index in [1.807, 2.05) is 32.8 Å². The summed E-state index contributed by atoms with van der Waals surface area (Å²) in [6, 6.07) is 6.18. The number of rotatable bonds is 5. The molecule has 1 N–H and O–H groups in total. The number of benzene rings is 1. The zero-order valence-electron chi connectivity index (χ0n) is 13.1. The van der Waals surface area contributed by atoms with Gasteiger partial charge in [-0.2, -0.15) is 0 Å². The van der Waals surface area contributed by atoms with Gasteiger partial charge in [0.15, 0.2) is 0 Å². The van der Waals surface area contributed by atoms with Gasteiger partial charge in [0, 0.05) is 13.1 Å². The molecule has 2 atom stereocenters.